The van der Waals surface area contributed by atoms with Crippen molar-refractivity contribution in [3.8, 4) is 0 Å². The number of amidine groups is 1. The Morgan fingerprint density at radius 3 is 2.64 bits per heavy atom. The zero-order valence-corrected chi connectivity index (χ0v) is 19.1. The molecule has 2 aliphatic rings. The van der Waals surface area contributed by atoms with Gasteiger partial charge in [0.1, 0.15) is 11.6 Å². The highest BCUT2D eigenvalue weighted by Crippen LogP contribution is 2.36. The van der Waals surface area contributed by atoms with Crippen LogP contribution in [0.1, 0.15) is 29.7 Å². The van der Waals surface area contributed by atoms with Gasteiger partial charge in [0.2, 0.25) is 0 Å². The number of aliphatic imine (C=N–C) groups is 1. The Kier molecular flexibility index (Phi) is 6.05. The lowest BCUT2D eigenvalue weighted by molar-refractivity contribution is -0.122. The number of hydrogen-bond donors (Lipinski definition) is 0. The van der Waals surface area contributed by atoms with Gasteiger partial charge in [0.15, 0.2) is 5.17 Å². The number of anilines is 1. The van der Waals surface area contributed by atoms with E-state index >= 15 is 0 Å². The van der Waals surface area contributed by atoms with E-state index in [1.807, 2.05) is 49.4 Å². The van der Waals surface area contributed by atoms with Crippen molar-refractivity contribution in [3.05, 3.63) is 88.5 Å². The third-order valence-corrected chi connectivity index (χ3v) is 6.84. The van der Waals surface area contributed by atoms with Gasteiger partial charge in [0.05, 0.1) is 29.1 Å². The highest BCUT2D eigenvalue weighted by molar-refractivity contribution is 8.18. The molecule has 33 heavy (non-hydrogen) atoms. The summed E-state index contributed by atoms with van der Waals surface area (Å²) in [6.45, 7) is 4.00. The van der Waals surface area contributed by atoms with Crippen LogP contribution in [0.25, 0.3) is 6.08 Å². The smallest absolute Gasteiger partial charge is 0.267 e. The number of furan rings is 1. The number of hydrogen-bond acceptors (Lipinski definition) is 5. The number of aryl methyl sites for hydroxylation is 1. The Morgan fingerprint density at radius 2 is 1.91 bits per heavy atom. The molecule has 0 spiro atoms. The Hall–Kier alpha value is -3.32. The largest absolute Gasteiger partial charge is 0.467 e. The molecule has 0 saturated carbocycles. The monoisotopic (exact) mass is 461 g/mol. The summed E-state index contributed by atoms with van der Waals surface area (Å²) >= 11 is 1.30. The number of halogens is 1. The van der Waals surface area contributed by atoms with Crippen LogP contribution in [0.5, 0.6) is 0 Å². The molecular weight excluding hydrogens is 437 g/mol. The molecule has 2 saturated heterocycles. The molecule has 1 aromatic heterocycles. The number of nitrogens with zero attached hydrogens (tertiary/aromatic N) is 3. The van der Waals surface area contributed by atoms with E-state index in [1.54, 1.807) is 23.3 Å². The summed E-state index contributed by atoms with van der Waals surface area (Å²) < 4.78 is 20.4. The summed E-state index contributed by atoms with van der Waals surface area (Å²) in [5.41, 5.74) is 3.04. The summed E-state index contributed by atoms with van der Waals surface area (Å²) in [5.74, 6) is 0.244. The molecular formula is C26H24FN3O2S. The normalized spacial score (nSPS) is 18.8. The molecule has 0 atom stereocenters. The van der Waals surface area contributed by atoms with Crippen molar-refractivity contribution in [3.63, 3.8) is 0 Å². The lowest BCUT2D eigenvalue weighted by atomic mass is 10.1. The van der Waals surface area contributed by atoms with Gasteiger partial charge in [-0.1, -0.05) is 18.2 Å². The number of rotatable bonds is 5. The van der Waals surface area contributed by atoms with E-state index in [9.17, 15) is 9.18 Å². The van der Waals surface area contributed by atoms with Crippen LogP contribution in [0, 0.1) is 12.7 Å². The summed E-state index contributed by atoms with van der Waals surface area (Å²) in [4.78, 5) is 22.2. The van der Waals surface area contributed by atoms with Crippen LogP contribution in [-0.2, 0) is 11.3 Å². The molecule has 0 aliphatic carbocycles. The second kappa shape index (κ2) is 9.27. The number of benzene rings is 2. The fraction of sp³-hybridized carbons (Fsp3) is 0.231. The van der Waals surface area contributed by atoms with Crippen molar-refractivity contribution >= 4 is 40.3 Å². The Balaban J connectivity index is 1.48. The summed E-state index contributed by atoms with van der Waals surface area (Å²) in [5, 5.41) is 0.570. The minimum absolute atomic E-state index is 0.172. The van der Waals surface area contributed by atoms with Gasteiger partial charge in [-0.3, -0.25) is 9.69 Å². The minimum atomic E-state index is -0.254. The predicted octanol–water partition coefficient (Wildman–Crippen LogP) is 6.13. The van der Waals surface area contributed by atoms with Crippen LogP contribution < -0.4 is 4.90 Å². The third-order valence-electron chi connectivity index (χ3n) is 5.83. The average molecular weight is 462 g/mol. The lowest BCUT2D eigenvalue weighted by Gasteiger charge is -2.19. The quantitative estimate of drug-likeness (QED) is 0.429. The van der Waals surface area contributed by atoms with Gasteiger partial charge < -0.3 is 9.32 Å². The summed E-state index contributed by atoms with van der Waals surface area (Å²) in [6, 6.07) is 16.6. The zero-order valence-electron chi connectivity index (χ0n) is 18.3. The number of carbonyl (C=O) groups is 1. The van der Waals surface area contributed by atoms with Crippen molar-refractivity contribution < 1.29 is 13.6 Å². The van der Waals surface area contributed by atoms with E-state index in [4.69, 9.17) is 9.41 Å². The van der Waals surface area contributed by atoms with Gasteiger partial charge >= 0.3 is 0 Å². The van der Waals surface area contributed by atoms with Crippen LogP contribution in [0.4, 0.5) is 15.8 Å². The molecule has 168 valence electrons. The van der Waals surface area contributed by atoms with Crippen LogP contribution in [0.3, 0.4) is 0 Å². The van der Waals surface area contributed by atoms with E-state index in [2.05, 4.69) is 4.90 Å². The molecule has 3 aromatic rings. The number of amides is 1. The van der Waals surface area contributed by atoms with E-state index in [0.717, 1.165) is 37.2 Å². The summed E-state index contributed by atoms with van der Waals surface area (Å²) in [7, 11) is 0. The first-order valence-electron chi connectivity index (χ1n) is 11.0. The van der Waals surface area contributed by atoms with E-state index in [0.29, 0.717) is 27.1 Å². The maximum atomic E-state index is 14.9. The molecule has 0 radical (unpaired) electrons. The molecule has 3 heterocycles. The SMILES string of the molecule is Cc1cc(N2CCCC2)c(F)cc1/C=C1\SC(=Nc2ccccc2)N(Cc2ccco2)C1=O. The predicted molar refractivity (Wildman–Crippen MR) is 131 cm³/mol. The topological polar surface area (TPSA) is 49.0 Å². The first-order valence-corrected chi connectivity index (χ1v) is 11.8. The molecule has 0 unspecified atom stereocenters. The van der Waals surface area contributed by atoms with Crippen LogP contribution in [0.15, 0.2) is 75.2 Å². The highest BCUT2D eigenvalue weighted by Gasteiger charge is 2.34. The molecule has 2 aliphatic heterocycles. The van der Waals surface area contributed by atoms with Gasteiger partial charge in [-0.15, -0.1) is 0 Å². The molecule has 2 fully saturated rings. The molecule has 0 N–H and O–H groups in total. The van der Waals surface area contributed by atoms with Crippen LogP contribution in [-0.4, -0.2) is 29.1 Å². The van der Waals surface area contributed by atoms with Gasteiger partial charge in [0, 0.05) is 13.1 Å². The van der Waals surface area contributed by atoms with Crippen LogP contribution in [0.2, 0.25) is 0 Å². The van der Waals surface area contributed by atoms with E-state index in [1.165, 1.54) is 17.8 Å². The third kappa shape index (κ3) is 4.59. The first-order chi connectivity index (χ1) is 16.1. The maximum absolute atomic E-state index is 14.9. The van der Waals surface area contributed by atoms with Crippen molar-refractivity contribution in [2.45, 2.75) is 26.3 Å². The standard InChI is InChI=1S/C26H24FN3O2S/c1-18-14-23(29-11-5-6-12-29)22(27)15-19(18)16-24-25(31)30(17-21-10-7-13-32-21)26(33-24)28-20-8-3-2-4-9-20/h2-4,7-10,13-16H,5-6,11-12,17H2,1H3/b24-16-,28-26?. The van der Waals surface area contributed by atoms with Crippen molar-refractivity contribution in [1.82, 2.24) is 4.90 Å². The summed E-state index contributed by atoms with van der Waals surface area (Å²) in [6.07, 6.45) is 5.53. The van der Waals surface area contributed by atoms with Gasteiger partial charge in [-0.05, 0) is 85.1 Å². The van der Waals surface area contributed by atoms with Crippen molar-refractivity contribution in [2.75, 3.05) is 18.0 Å². The van der Waals surface area contributed by atoms with Gasteiger partial charge in [-0.2, -0.15) is 0 Å². The average Bonchev–Trinajstić information content (AvgIpc) is 3.57. The Morgan fingerprint density at radius 1 is 1.12 bits per heavy atom. The molecule has 0 bridgehead atoms. The van der Waals surface area contributed by atoms with Crippen molar-refractivity contribution in [2.24, 2.45) is 4.99 Å². The number of thioether (sulfide) groups is 1. The molecule has 1 amide bonds. The lowest BCUT2D eigenvalue weighted by Crippen LogP contribution is -2.28. The number of carbonyl (C=O) groups excluding carboxylic acids is 1. The number of para-hydroxylation sites is 1. The Bertz CT molecular complexity index is 1220. The fourth-order valence-electron chi connectivity index (χ4n) is 4.08. The molecule has 5 nitrogen and oxygen atoms in total. The zero-order chi connectivity index (χ0) is 22.8. The highest BCUT2D eigenvalue weighted by atomic mass is 32.2. The van der Waals surface area contributed by atoms with Crippen molar-refractivity contribution in [1.29, 1.82) is 0 Å². The molecule has 7 heteroatoms. The maximum Gasteiger partial charge on any atom is 0.267 e. The van der Waals surface area contributed by atoms with E-state index < -0.39 is 0 Å². The Labute approximate surface area is 196 Å². The molecule has 5 rings (SSSR count). The fourth-order valence-corrected chi connectivity index (χ4v) is 5.07. The minimum Gasteiger partial charge on any atom is -0.467 e. The van der Waals surface area contributed by atoms with Crippen LogP contribution >= 0.6 is 11.8 Å². The second-order valence-corrected chi connectivity index (χ2v) is 9.17. The van der Waals surface area contributed by atoms with E-state index in [-0.39, 0.29) is 18.3 Å². The molecule has 2 aromatic carbocycles. The van der Waals surface area contributed by atoms with Gasteiger partial charge in [-0.25, -0.2) is 9.38 Å². The second-order valence-electron chi connectivity index (χ2n) is 8.17. The van der Waals surface area contributed by atoms with Gasteiger partial charge in [0.25, 0.3) is 5.91 Å². The first kappa shape index (κ1) is 21.5.